The molecule has 0 saturated heterocycles. The Morgan fingerprint density at radius 2 is 2.17 bits per heavy atom. The summed E-state index contributed by atoms with van der Waals surface area (Å²) in [7, 11) is 0. The molecule has 3 N–H and O–H groups in total. The molecule has 5 nitrogen and oxygen atoms in total. The Morgan fingerprint density at radius 1 is 1.43 bits per heavy atom. The molecule has 1 aromatic carbocycles. The Morgan fingerprint density at radius 3 is 2.80 bits per heavy atom. The van der Waals surface area contributed by atoms with E-state index < -0.39 is 11.5 Å². The molecule has 3 heterocycles. The Kier molecular flexibility index (Phi) is 4.91. The molecule has 0 radical (unpaired) electrons. The Labute approximate surface area is 177 Å². The van der Waals surface area contributed by atoms with E-state index in [9.17, 15) is 9.90 Å². The van der Waals surface area contributed by atoms with Crippen molar-refractivity contribution in [1.82, 2.24) is 9.55 Å². The zero-order valence-electron chi connectivity index (χ0n) is 17.7. The summed E-state index contributed by atoms with van der Waals surface area (Å²) >= 11 is 0. The fourth-order valence-corrected chi connectivity index (χ4v) is 4.40. The van der Waals surface area contributed by atoms with Crippen molar-refractivity contribution in [3.05, 3.63) is 65.0 Å². The number of allylic oxidation sites excluding steroid dienone is 3. The Bertz CT molecular complexity index is 1130. The van der Waals surface area contributed by atoms with Gasteiger partial charge in [0.05, 0.1) is 5.69 Å². The van der Waals surface area contributed by atoms with Gasteiger partial charge in [0.2, 0.25) is 0 Å². The van der Waals surface area contributed by atoms with E-state index in [2.05, 4.69) is 29.1 Å². The molecular formula is C25H27N3O2. The summed E-state index contributed by atoms with van der Waals surface area (Å²) in [6.07, 6.45) is 6.36. The van der Waals surface area contributed by atoms with Crippen molar-refractivity contribution in [1.29, 1.82) is 0 Å². The number of primary amides is 1. The summed E-state index contributed by atoms with van der Waals surface area (Å²) in [6, 6.07) is 6.45. The molecule has 3 aliphatic rings. The first-order chi connectivity index (χ1) is 14.2. The van der Waals surface area contributed by atoms with Crippen molar-refractivity contribution < 1.29 is 9.90 Å². The van der Waals surface area contributed by atoms with E-state index in [1.807, 2.05) is 25.1 Å². The van der Waals surface area contributed by atoms with Gasteiger partial charge in [-0.2, -0.15) is 0 Å². The monoisotopic (exact) mass is 401 g/mol. The molecule has 1 aromatic heterocycles. The lowest BCUT2D eigenvalue weighted by Crippen LogP contribution is -2.25. The van der Waals surface area contributed by atoms with Crippen molar-refractivity contribution in [2.45, 2.75) is 57.6 Å². The highest BCUT2D eigenvalue weighted by Gasteiger charge is 2.41. The molecule has 5 rings (SSSR count). The number of nitrogens with zero attached hydrogens (tertiary/aromatic N) is 2. The topological polar surface area (TPSA) is 81.1 Å². The van der Waals surface area contributed by atoms with Gasteiger partial charge in [0.15, 0.2) is 0 Å². The zero-order chi connectivity index (χ0) is 21.6. The van der Waals surface area contributed by atoms with Gasteiger partial charge < -0.3 is 15.4 Å². The third-order valence-corrected chi connectivity index (χ3v) is 5.82. The van der Waals surface area contributed by atoms with Gasteiger partial charge >= 0.3 is 0 Å². The normalized spacial score (nSPS) is 19.5. The first-order valence-electron chi connectivity index (χ1n) is 10.3. The lowest BCUT2D eigenvalue weighted by molar-refractivity contribution is 0.0994. The fourth-order valence-electron chi connectivity index (χ4n) is 4.40. The van der Waals surface area contributed by atoms with Gasteiger partial charge in [-0.15, -0.1) is 0 Å². The second kappa shape index (κ2) is 7.30. The number of amides is 1. The van der Waals surface area contributed by atoms with Crippen LogP contribution in [0.3, 0.4) is 0 Å². The molecule has 1 fully saturated rings. The van der Waals surface area contributed by atoms with Crippen LogP contribution in [-0.4, -0.2) is 26.2 Å². The molecule has 1 aliphatic carbocycles. The van der Waals surface area contributed by atoms with Gasteiger partial charge in [0.1, 0.15) is 17.1 Å². The highest BCUT2D eigenvalue weighted by molar-refractivity contribution is 5.93. The van der Waals surface area contributed by atoms with Crippen LogP contribution in [0.2, 0.25) is 0 Å². The van der Waals surface area contributed by atoms with Gasteiger partial charge in [0.25, 0.3) is 5.91 Å². The largest absolute Gasteiger partial charge is 0.378 e. The molecule has 154 valence electrons. The summed E-state index contributed by atoms with van der Waals surface area (Å²) in [4.78, 5) is 17.0. The van der Waals surface area contributed by atoms with E-state index in [1.54, 1.807) is 19.9 Å². The van der Waals surface area contributed by atoms with Crippen LogP contribution in [0.5, 0.6) is 0 Å². The summed E-state index contributed by atoms with van der Waals surface area (Å²) in [5.41, 5.74) is 10.0. The Hall–Kier alpha value is -3.10. The third-order valence-electron chi connectivity index (χ3n) is 5.82. The number of hydrogen-bond acceptors (Lipinski definition) is 3. The molecule has 30 heavy (non-hydrogen) atoms. The molecule has 5 heteroatoms. The minimum absolute atomic E-state index is 0.315. The summed E-state index contributed by atoms with van der Waals surface area (Å²) < 4.78 is 2.22. The first-order valence-corrected chi connectivity index (χ1v) is 10.3. The molecule has 1 saturated carbocycles. The molecule has 0 spiro atoms. The number of hydrogen-bond donors (Lipinski definition) is 2. The van der Waals surface area contributed by atoms with Crippen molar-refractivity contribution >= 4 is 5.91 Å². The summed E-state index contributed by atoms with van der Waals surface area (Å²) in [5, 5.41) is 9.94. The molecule has 2 bridgehead atoms. The summed E-state index contributed by atoms with van der Waals surface area (Å²) in [5.74, 6) is 6.69. The van der Waals surface area contributed by atoms with Crippen LogP contribution in [0.25, 0.3) is 11.4 Å². The molecule has 1 amide bonds. The summed E-state index contributed by atoms with van der Waals surface area (Å²) in [6.45, 7) is 9.11. The number of aliphatic hydroxyl groups is 1. The van der Waals surface area contributed by atoms with Crippen LogP contribution >= 0.6 is 0 Å². The minimum Gasteiger partial charge on any atom is -0.378 e. The number of imidazole rings is 1. The van der Waals surface area contributed by atoms with Crippen LogP contribution < -0.4 is 5.73 Å². The molecule has 2 aliphatic heterocycles. The van der Waals surface area contributed by atoms with Crippen molar-refractivity contribution in [3.8, 4) is 23.2 Å². The predicted molar refractivity (Wildman–Crippen MR) is 118 cm³/mol. The number of rotatable bonds is 4. The average Bonchev–Trinajstić information content (AvgIpc) is 2.85. The SMILES string of the molecule is C=CC=C(C)Cc1c(C(N)=O)nc2n1C1CC(C1)c1ccc(C#CC(C)(C)O)cc1-2. The fraction of sp³-hybridized carbons (Fsp3) is 0.360. The smallest absolute Gasteiger partial charge is 0.269 e. The maximum atomic E-state index is 12.2. The quantitative estimate of drug-likeness (QED) is 0.603. The second-order valence-corrected chi connectivity index (χ2v) is 8.82. The molecule has 2 aromatic rings. The number of carbonyl (C=O) groups excluding carboxylic acids is 1. The maximum Gasteiger partial charge on any atom is 0.269 e. The highest BCUT2D eigenvalue weighted by Crippen LogP contribution is 2.53. The average molecular weight is 402 g/mol. The second-order valence-electron chi connectivity index (χ2n) is 8.82. The lowest BCUT2D eigenvalue weighted by Gasteiger charge is -2.35. The van der Waals surface area contributed by atoms with Gasteiger partial charge in [-0.3, -0.25) is 4.79 Å². The van der Waals surface area contributed by atoms with Crippen LogP contribution in [0, 0.1) is 11.8 Å². The van der Waals surface area contributed by atoms with Crippen molar-refractivity contribution in [2.24, 2.45) is 5.73 Å². The number of nitrogens with two attached hydrogens (primary N) is 1. The first kappa shape index (κ1) is 20.2. The van der Waals surface area contributed by atoms with Crippen molar-refractivity contribution in [2.75, 3.05) is 0 Å². The maximum absolute atomic E-state index is 12.2. The zero-order valence-corrected chi connectivity index (χ0v) is 17.7. The molecule has 0 unspecified atom stereocenters. The van der Waals surface area contributed by atoms with Gasteiger partial charge in [-0.05, 0) is 57.2 Å². The van der Waals surface area contributed by atoms with Crippen LogP contribution in [-0.2, 0) is 6.42 Å². The van der Waals surface area contributed by atoms with E-state index in [0.717, 1.165) is 41.1 Å². The lowest BCUT2D eigenvalue weighted by atomic mass is 9.75. The van der Waals surface area contributed by atoms with E-state index in [-0.39, 0.29) is 0 Å². The number of benzene rings is 1. The van der Waals surface area contributed by atoms with Crippen molar-refractivity contribution in [3.63, 3.8) is 0 Å². The van der Waals surface area contributed by atoms with Crippen LogP contribution in [0.1, 0.15) is 72.9 Å². The standard InChI is InChI=1S/C25H27N3O2/c1-5-6-15(2)11-21-22(23(26)29)27-24-20-12-16(9-10-25(3,4)30)7-8-19(20)17-13-18(14-17)28(21)24/h5-8,12,17-18,30H,1,11,13-14H2,2-4H3,(H2,26,29). The highest BCUT2D eigenvalue weighted by atomic mass is 16.3. The van der Waals surface area contributed by atoms with Crippen LogP contribution in [0.4, 0.5) is 0 Å². The predicted octanol–water partition coefficient (Wildman–Crippen LogP) is 3.88. The van der Waals surface area contributed by atoms with E-state index >= 15 is 0 Å². The van der Waals surface area contributed by atoms with Crippen LogP contribution in [0.15, 0.2) is 42.5 Å². The van der Waals surface area contributed by atoms with Gasteiger partial charge in [0, 0.05) is 23.6 Å². The Balaban J connectivity index is 1.90. The van der Waals surface area contributed by atoms with Gasteiger partial charge in [-0.25, -0.2) is 4.98 Å². The number of carbonyl (C=O) groups is 1. The van der Waals surface area contributed by atoms with E-state index in [0.29, 0.717) is 24.1 Å². The van der Waals surface area contributed by atoms with Gasteiger partial charge in [-0.1, -0.05) is 42.2 Å². The van der Waals surface area contributed by atoms with E-state index in [1.165, 1.54) is 5.56 Å². The molecule has 0 atom stereocenters. The molecular weight excluding hydrogens is 374 g/mol. The number of aromatic nitrogens is 2. The third kappa shape index (κ3) is 3.59. The van der Waals surface area contributed by atoms with E-state index in [4.69, 9.17) is 10.7 Å². The minimum atomic E-state index is -1.06.